The van der Waals surface area contributed by atoms with Crippen LogP contribution in [0.1, 0.15) is 55.8 Å². The van der Waals surface area contributed by atoms with Crippen LogP contribution in [0, 0.1) is 11.6 Å². The molecule has 8 heteroatoms. The van der Waals surface area contributed by atoms with Crippen LogP contribution in [-0.4, -0.2) is 18.6 Å². The zero-order valence-corrected chi connectivity index (χ0v) is 17.0. The predicted octanol–water partition coefficient (Wildman–Crippen LogP) is 4.67. The Labute approximate surface area is 173 Å². The Hall–Kier alpha value is -2.61. The van der Waals surface area contributed by atoms with E-state index in [1.165, 1.54) is 12.1 Å². The molecule has 2 aliphatic rings. The summed E-state index contributed by atoms with van der Waals surface area (Å²) in [7, 11) is -3.71. The third kappa shape index (κ3) is 2.73. The zero-order chi connectivity index (χ0) is 21.0. The normalized spacial score (nSPS) is 19.7. The number of halogens is 2. The SMILES string of the molecule is O=S(=O)(c1ccccc1)C1(c2nc(C3(c4ccc(F)cc4F)CCCC3)no2)CC1. The maximum atomic E-state index is 14.7. The Balaban J connectivity index is 1.58. The second-order valence-corrected chi connectivity index (χ2v) is 10.4. The Morgan fingerprint density at radius 1 is 0.933 bits per heavy atom. The first-order valence-corrected chi connectivity index (χ1v) is 11.5. The lowest BCUT2D eigenvalue weighted by molar-refractivity contribution is 0.350. The minimum Gasteiger partial charge on any atom is -0.338 e. The molecule has 2 fully saturated rings. The molecule has 1 heterocycles. The molecule has 0 amide bonds. The molecule has 2 saturated carbocycles. The predicted molar refractivity (Wildman–Crippen MR) is 104 cm³/mol. The quantitative estimate of drug-likeness (QED) is 0.588. The minimum absolute atomic E-state index is 0.0511. The van der Waals surface area contributed by atoms with Crippen molar-refractivity contribution < 1.29 is 21.7 Å². The number of aromatic nitrogens is 2. The van der Waals surface area contributed by atoms with Crippen LogP contribution in [0.5, 0.6) is 0 Å². The Kier molecular flexibility index (Phi) is 4.32. The molecule has 0 aliphatic heterocycles. The molecule has 0 N–H and O–H groups in total. The highest BCUT2D eigenvalue weighted by Crippen LogP contribution is 2.55. The van der Waals surface area contributed by atoms with Crippen molar-refractivity contribution in [3.63, 3.8) is 0 Å². The van der Waals surface area contributed by atoms with Crippen molar-refractivity contribution in [1.82, 2.24) is 10.1 Å². The fourth-order valence-corrected chi connectivity index (χ4v) is 6.53. The van der Waals surface area contributed by atoms with Crippen molar-refractivity contribution in [3.8, 4) is 0 Å². The van der Waals surface area contributed by atoms with Gasteiger partial charge in [0.25, 0.3) is 0 Å². The van der Waals surface area contributed by atoms with Crippen molar-refractivity contribution in [2.45, 2.75) is 53.6 Å². The minimum atomic E-state index is -3.71. The topological polar surface area (TPSA) is 73.1 Å². The molecule has 0 atom stereocenters. The zero-order valence-electron chi connectivity index (χ0n) is 16.1. The smallest absolute Gasteiger partial charge is 0.248 e. The fourth-order valence-electron chi connectivity index (χ4n) is 4.61. The molecule has 1 aromatic heterocycles. The summed E-state index contributed by atoms with van der Waals surface area (Å²) >= 11 is 0. The third-order valence-electron chi connectivity index (χ3n) is 6.42. The second-order valence-electron chi connectivity index (χ2n) is 8.15. The van der Waals surface area contributed by atoms with Gasteiger partial charge in [0.1, 0.15) is 11.6 Å². The molecule has 30 heavy (non-hydrogen) atoms. The van der Waals surface area contributed by atoms with Gasteiger partial charge in [0.05, 0.1) is 10.3 Å². The molecule has 0 saturated heterocycles. The highest BCUT2D eigenvalue weighted by atomic mass is 32.2. The van der Waals surface area contributed by atoms with E-state index in [1.807, 2.05) is 0 Å². The lowest BCUT2D eigenvalue weighted by Crippen LogP contribution is -2.27. The van der Waals surface area contributed by atoms with Gasteiger partial charge in [-0.15, -0.1) is 0 Å². The largest absolute Gasteiger partial charge is 0.338 e. The Morgan fingerprint density at radius 2 is 1.63 bits per heavy atom. The fraction of sp³-hybridized carbons (Fsp3) is 0.364. The van der Waals surface area contributed by atoms with E-state index in [4.69, 9.17) is 4.52 Å². The molecular weight excluding hydrogens is 410 g/mol. The van der Waals surface area contributed by atoms with Crippen molar-refractivity contribution >= 4 is 9.84 Å². The molecule has 0 bridgehead atoms. The average Bonchev–Trinajstić information content (AvgIpc) is 3.17. The van der Waals surface area contributed by atoms with Gasteiger partial charge in [-0.05, 0) is 43.9 Å². The van der Waals surface area contributed by atoms with Crippen LogP contribution < -0.4 is 0 Å². The number of rotatable bonds is 5. The third-order valence-corrected chi connectivity index (χ3v) is 8.92. The number of hydrogen-bond donors (Lipinski definition) is 0. The van der Waals surface area contributed by atoms with Gasteiger partial charge in [-0.2, -0.15) is 4.98 Å². The van der Waals surface area contributed by atoms with Gasteiger partial charge in [0, 0.05) is 11.6 Å². The molecule has 5 nitrogen and oxygen atoms in total. The average molecular weight is 430 g/mol. The highest BCUT2D eigenvalue weighted by molar-refractivity contribution is 7.92. The van der Waals surface area contributed by atoms with Gasteiger partial charge >= 0.3 is 0 Å². The molecular formula is C22H20F2N2O3S. The molecule has 156 valence electrons. The van der Waals surface area contributed by atoms with E-state index < -0.39 is 31.6 Å². The van der Waals surface area contributed by atoms with Crippen LogP contribution in [0.4, 0.5) is 8.78 Å². The summed E-state index contributed by atoms with van der Waals surface area (Å²) in [4.78, 5) is 4.72. The molecule has 2 aromatic carbocycles. The number of hydrogen-bond acceptors (Lipinski definition) is 5. The maximum absolute atomic E-state index is 14.7. The molecule has 5 rings (SSSR count). The van der Waals surface area contributed by atoms with E-state index in [-0.39, 0.29) is 16.6 Å². The van der Waals surface area contributed by atoms with E-state index >= 15 is 0 Å². The highest BCUT2D eigenvalue weighted by Gasteiger charge is 2.61. The maximum Gasteiger partial charge on any atom is 0.248 e. The molecule has 3 aromatic rings. The van der Waals surface area contributed by atoms with E-state index in [0.717, 1.165) is 18.9 Å². The summed E-state index contributed by atoms with van der Waals surface area (Å²) in [5, 5.41) is 4.11. The van der Waals surface area contributed by atoms with E-state index in [1.54, 1.807) is 30.3 Å². The van der Waals surface area contributed by atoms with Gasteiger partial charge in [-0.3, -0.25) is 0 Å². The van der Waals surface area contributed by atoms with Gasteiger partial charge in [-0.25, -0.2) is 17.2 Å². The lowest BCUT2D eigenvalue weighted by atomic mass is 9.78. The van der Waals surface area contributed by atoms with Crippen molar-refractivity contribution in [2.75, 3.05) is 0 Å². The van der Waals surface area contributed by atoms with Gasteiger partial charge in [-0.1, -0.05) is 42.3 Å². The summed E-state index contributed by atoms with van der Waals surface area (Å²) in [6.45, 7) is 0. The molecule has 0 radical (unpaired) electrons. The van der Waals surface area contributed by atoms with E-state index in [2.05, 4.69) is 10.1 Å². The van der Waals surface area contributed by atoms with Crippen LogP contribution in [0.15, 0.2) is 57.9 Å². The molecule has 2 aliphatic carbocycles. The number of sulfone groups is 1. The van der Waals surface area contributed by atoms with Crippen LogP contribution in [-0.2, 0) is 20.0 Å². The van der Waals surface area contributed by atoms with Crippen molar-refractivity contribution in [1.29, 1.82) is 0 Å². The first-order valence-electron chi connectivity index (χ1n) is 9.99. The Bertz CT molecular complexity index is 1200. The summed E-state index contributed by atoms with van der Waals surface area (Å²) < 4.78 is 58.9. The van der Waals surface area contributed by atoms with Crippen molar-refractivity contribution in [3.05, 3.63) is 77.4 Å². The van der Waals surface area contributed by atoms with E-state index in [9.17, 15) is 17.2 Å². The first-order chi connectivity index (χ1) is 14.4. The first kappa shape index (κ1) is 19.4. The Morgan fingerprint density at radius 3 is 2.27 bits per heavy atom. The van der Waals surface area contributed by atoms with Gasteiger partial charge < -0.3 is 4.52 Å². The van der Waals surface area contributed by atoms with Crippen LogP contribution in [0.25, 0.3) is 0 Å². The number of benzene rings is 2. The standard InChI is InChI=1S/C22H20F2N2O3S/c23-15-8-9-17(18(24)14-15)21(10-4-5-11-21)19-25-20(29-26-19)22(12-13-22)30(27,28)16-6-2-1-3-7-16/h1-3,6-9,14H,4-5,10-13H2. The summed E-state index contributed by atoms with van der Waals surface area (Å²) in [5.41, 5.74) is -0.518. The summed E-state index contributed by atoms with van der Waals surface area (Å²) in [6, 6.07) is 11.7. The summed E-state index contributed by atoms with van der Waals surface area (Å²) in [5.74, 6) is -0.976. The lowest BCUT2D eigenvalue weighted by Gasteiger charge is -2.26. The van der Waals surface area contributed by atoms with Gasteiger partial charge in [0.15, 0.2) is 20.4 Å². The second kappa shape index (κ2) is 6.70. The molecule has 0 unspecified atom stereocenters. The van der Waals surface area contributed by atoms with Gasteiger partial charge in [0.2, 0.25) is 5.89 Å². The van der Waals surface area contributed by atoms with Crippen molar-refractivity contribution in [2.24, 2.45) is 0 Å². The van der Waals surface area contributed by atoms with Crippen LogP contribution in [0.3, 0.4) is 0 Å². The van der Waals surface area contributed by atoms with E-state index in [0.29, 0.717) is 31.2 Å². The molecule has 0 spiro atoms. The monoisotopic (exact) mass is 430 g/mol. The van der Waals surface area contributed by atoms with Crippen LogP contribution >= 0.6 is 0 Å². The summed E-state index contributed by atoms with van der Waals surface area (Å²) in [6.07, 6.45) is 3.65. The van der Waals surface area contributed by atoms with Crippen LogP contribution in [0.2, 0.25) is 0 Å². The number of nitrogens with zero attached hydrogens (tertiary/aromatic N) is 2.